The number of hydrogen-bond acceptors (Lipinski definition) is 12. The van der Waals surface area contributed by atoms with Crippen LogP contribution in [0.3, 0.4) is 0 Å². The molecule has 1 N–H and O–H groups in total. The van der Waals surface area contributed by atoms with Gasteiger partial charge in [-0.3, -0.25) is 19.3 Å². The minimum absolute atomic E-state index is 0. The van der Waals surface area contributed by atoms with Crippen LogP contribution in [0.4, 0.5) is 5.69 Å². The molecular weight excluding hydrogens is 906 g/mol. The number of nitrogens with one attached hydrogen (secondary N) is 1. The van der Waals surface area contributed by atoms with Crippen LogP contribution in [0.15, 0.2) is 42.5 Å². The number of hydrogen-bond donors (Lipinski definition) is 1. The van der Waals surface area contributed by atoms with E-state index in [-0.39, 0.29) is 87.6 Å². The Kier molecular flexibility index (Phi) is 29.4. The Labute approximate surface area is 389 Å². The standard InChI is InChI=1S/C43H59N2O6S3.O3S.Y/c46-26-16-10-6-2-1-3-8-12-18-28-53-54-29-19-13-9-5-4-7-11-17-27-52-40-31-42(49)45(43(40)50)25-24-41(48)44-34-22-23-37-35-20-14-15-21-36(35)39(32-51-33-47)38(37)30-34;1-4(2)3;/h14-15,20-23,26,30,39-40H,1-13,16-19,24-25,27-29,31-32H2,(H,44,48);;/q-1;;. The summed E-state index contributed by atoms with van der Waals surface area (Å²) in [6, 6.07) is 13.7. The van der Waals surface area contributed by atoms with Gasteiger partial charge < -0.3 is 19.6 Å². The molecule has 1 heterocycles. The van der Waals surface area contributed by atoms with Gasteiger partial charge in [0.15, 0.2) is 0 Å². The van der Waals surface area contributed by atoms with Crippen LogP contribution in [-0.4, -0.2) is 83.7 Å². The molecule has 2 aromatic rings. The Morgan fingerprint density at radius 2 is 1.32 bits per heavy atom. The van der Waals surface area contributed by atoms with Crippen molar-refractivity contribution < 1.29 is 74.0 Å². The molecule has 2 aromatic carbocycles. The normalized spacial score (nSPS) is 15.1. The molecule has 1 saturated heterocycles. The van der Waals surface area contributed by atoms with Gasteiger partial charge in [0.05, 0.1) is 11.9 Å². The topological polar surface area (TPSA) is 161 Å². The van der Waals surface area contributed by atoms with Crippen molar-refractivity contribution >= 4 is 80.1 Å². The van der Waals surface area contributed by atoms with Crippen LogP contribution < -0.4 is 5.32 Å². The Bertz CT molecular complexity index is 1690. The first kappa shape index (κ1) is 53.1. The van der Waals surface area contributed by atoms with Gasteiger partial charge in [0.25, 0.3) is 0 Å². The van der Waals surface area contributed by atoms with Crippen molar-refractivity contribution in [2.45, 2.75) is 133 Å². The first-order valence-corrected chi connectivity index (χ1v) is 25.2. The van der Waals surface area contributed by atoms with Gasteiger partial charge in [-0.15, -0.1) is 24.4 Å². The Morgan fingerprint density at radius 1 is 0.780 bits per heavy atom. The molecule has 0 aromatic heterocycles. The van der Waals surface area contributed by atoms with Gasteiger partial charge >= 0.3 is 10.6 Å². The van der Waals surface area contributed by atoms with E-state index < -0.39 is 10.6 Å². The summed E-state index contributed by atoms with van der Waals surface area (Å²) in [6.07, 6.45) is 22.1. The maximum Gasteiger partial charge on any atom is 0.425 e. The Morgan fingerprint density at radius 3 is 1.92 bits per heavy atom. The fraction of sp³-hybridized carbons (Fsp3) is 0.605. The molecule has 1 aliphatic heterocycles. The number of carbonyl (C=O) groups is 4. The SMILES string of the molecule is O=S(=O)=O.O=[C-]OCC1c2ccccc2-c2ccc(NC(=O)CCN3C(=O)CC(SCCCCCCCCCCSSCCCCCCCCCCC=O)C3=O)cc21.[Y]. The summed E-state index contributed by atoms with van der Waals surface area (Å²) >= 11 is 1.58. The van der Waals surface area contributed by atoms with E-state index in [9.17, 15) is 24.0 Å². The average molecular weight is 965 g/mol. The maximum atomic E-state index is 13.0. The van der Waals surface area contributed by atoms with Crippen molar-refractivity contribution in [2.24, 2.45) is 0 Å². The van der Waals surface area contributed by atoms with Crippen molar-refractivity contribution in [3.8, 4) is 11.1 Å². The molecule has 2 aliphatic rings. The zero-order chi connectivity index (χ0) is 41.8. The van der Waals surface area contributed by atoms with Crippen LogP contribution in [0.1, 0.15) is 139 Å². The summed E-state index contributed by atoms with van der Waals surface area (Å²) in [5.74, 6) is 2.60. The van der Waals surface area contributed by atoms with E-state index in [1.54, 1.807) is 11.8 Å². The minimum atomic E-state index is -3.11. The summed E-state index contributed by atoms with van der Waals surface area (Å²) < 4.78 is 30.3. The number of anilines is 1. The van der Waals surface area contributed by atoms with Gasteiger partial charge in [-0.05, 0) is 65.8 Å². The number of fused-ring (bicyclic) bond motifs is 3. The number of imide groups is 1. The number of aldehydes is 1. The monoisotopic (exact) mass is 964 g/mol. The van der Waals surface area contributed by atoms with Gasteiger partial charge in [0.2, 0.25) is 17.7 Å². The fourth-order valence-electron chi connectivity index (χ4n) is 7.26. The zero-order valence-corrected chi connectivity index (χ0v) is 40.2. The number of unbranched alkanes of at least 4 members (excludes halogenated alkanes) is 15. The molecule has 2 atom stereocenters. The van der Waals surface area contributed by atoms with E-state index in [1.165, 1.54) is 106 Å². The van der Waals surface area contributed by atoms with Gasteiger partial charge in [-0.1, -0.05) is 135 Å². The molecular formula is C43H59N2O9S4Y-. The number of benzene rings is 2. The third-order valence-electron chi connectivity index (χ3n) is 10.2. The molecule has 1 aliphatic carbocycles. The molecule has 11 nitrogen and oxygen atoms in total. The van der Waals surface area contributed by atoms with E-state index in [0.717, 1.165) is 60.0 Å². The van der Waals surface area contributed by atoms with Gasteiger partial charge in [-0.25, -0.2) is 0 Å². The molecule has 16 heteroatoms. The van der Waals surface area contributed by atoms with E-state index >= 15 is 0 Å². The second-order valence-corrected chi connectivity index (χ2v) is 19.0. The smallest absolute Gasteiger partial charge is 0.425 e. The Hall–Kier alpha value is -2.04. The first-order valence-electron chi connectivity index (χ1n) is 20.7. The number of rotatable bonds is 31. The second kappa shape index (κ2) is 32.6. The number of carbonyl (C=O) groups excluding carboxylic acids is 5. The molecule has 0 spiro atoms. The van der Waals surface area contributed by atoms with Crippen LogP contribution >= 0.6 is 33.3 Å². The quantitative estimate of drug-likeness (QED) is 0.0251. The van der Waals surface area contributed by atoms with E-state index in [0.29, 0.717) is 5.69 Å². The number of nitrogens with zero attached hydrogens (tertiary/aromatic N) is 1. The number of ether oxygens (including phenoxy) is 1. The van der Waals surface area contributed by atoms with Gasteiger partial charge in [0.1, 0.15) is 6.29 Å². The molecule has 4 rings (SSSR count). The summed E-state index contributed by atoms with van der Waals surface area (Å²) in [7, 11) is 0.964. The summed E-state index contributed by atoms with van der Waals surface area (Å²) in [5, 5.41) is 2.57. The molecule has 2 unspecified atom stereocenters. The van der Waals surface area contributed by atoms with Crippen molar-refractivity contribution in [2.75, 3.05) is 35.7 Å². The van der Waals surface area contributed by atoms with Crippen molar-refractivity contribution in [3.05, 3.63) is 53.6 Å². The molecule has 3 amide bonds. The van der Waals surface area contributed by atoms with E-state index in [4.69, 9.17) is 17.4 Å². The van der Waals surface area contributed by atoms with Crippen LogP contribution in [-0.2, 0) is 72.0 Å². The fourth-order valence-corrected chi connectivity index (χ4v) is 10.7. The third-order valence-corrected chi connectivity index (χ3v) is 14.1. The summed E-state index contributed by atoms with van der Waals surface area (Å²) in [5.41, 5.74) is 4.76. The van der Waals surface area contributed by atoms with E-state index in [2.05, 4.69) is 5.32 Å². The third kappa shape index (κ3) is 21.1. The van der Waals surface area contributed by atoms with Crippen LogP contribution in [0.5, 0.6) is 0 Å². The predicted octanol–water partition coefficient (Wildman–Crippen LogP) is 9.28. The molecule has 59 heavy (non-hydrogen) atoms. The molecule has 1 fully saturated rings. The largest absolute Gasteiger partial charge is 0.652 e. The van der Waals surface area contributed by atoms with Crippen LogP contribution in [0, 0.1) is 0 Å². The van der Waals surface area contributed by atoms with Crippen molar-refractivity contribution in [3.63, 3.8) is 0 Å². The van der Waals surface area contributed by atoms with Crippen LogP contribution in [0.25, 0.3) is 11.1 Å². The maximum absolute atomic E-state index is 13.0. The molecule has 0 saturated carbocycles. The Balaban J connectivity index is 0.00000229. The molecule has 323 valence electrons. The van der Waals surface area contributed by atoms with Crippen molar-refractivity contribution in [1.82, 2.24) is 4.90 Å². The second-order valence-electron chi connectivity index (χ2n) is 14.5. The van der Waals surface area contributed by atoms with Crippen LogP contribution in [0.2, 0.25) is 0 Å². The minimum Gasteiger partial charge on any atom is -0.652 e. The van der Waals surface area contributed by atoms with Gasteiger partial charge in [-0.2, -0.15) is 0 Å². The molecule has 1 radical (unpaired) electrons. The van der Waals surface area contributed by atoms with E-state index in [1.807, 2.05) is 64.1 Å². The average Bonchev–Trinajstić information content (AvgIpc) is 3.66. The predicted molar refractivity (Wildman–Crippen MR) is 235 cm³/mol. The van der Waals surface area contributed by atoms with Gasteiger partial charge in [0, 0.05) is 81.6 Å². The zero-order valence-electron chi connectivity index (χ0n) is 34.1. The summed E-state index contributed by atoms with van der Waals surface area (Å²) in [6.45, 7) is 1.75. The number of thioether (sulfide) groups is 1. The van der Waals surface area contributed by atoms with Crippen molar-refractivity contribution in [1.29, 1.82) is 0 Å². The summed E-state index contributed by atoms with van der Waals surface area (Å²) in [4.78, 5) is 60.9. The number of likely N-dealkylation sites (tertiary alicyclic amines) is 1. The first-order chi connectivity index (χ1) is 28.3. The molecule has 0 bridgehead atoms. The number of amides is 3.